The minimum absolute atomic E-state index is 0.170. The van der Waals surface area contributed by atoms with E-state index in [1.807, 2.05) is 43.3 Å². The van der Waals surface area contributed by atoms with E-state index in [2.05, 4.69) is 15.3 Å². The summed E-state index contributed by atoms with van der Waals surface area (Å²) in [6.45, 7) is 0. The Labute approximate surface area is 176 Å². The molecule has 0 fully saturated rings. The molecule has 0 spiro atoms. The number of hydrogen-bond donors (Lipinski definition) is 1. The lowest BCUT2D eigenvalue weighted by molar-refractivity contribution is 0.551. The van der Waals surface area contributed by atoms with E-state index in [0.29, 0.717) is 26.9 Å². The van der Waals surface area contributed by atoms with Crippen molar-refractivity contribution in [1.82, 2.24) is 9.97 Å². The van der Waals surface area contributed by atoms with Gasteiger partial charge in [-0.3, -0.25) is 0 Å². The first-order chi connectivity index (χ1) is 13.9. The van der Waals surface area contributed by atoms with E-state index in [1.54, 1.807) is 30.5 Å². The fourth-order valence-corrected chi connectivity index (χ4v) is 3.50. The first-order valence-corrected chi connectivity index (χ1v) is 9.47. The first-order valence-electron chi connectivity index (χ1n) is 8.72. The molecule has 2 heterocycles. The van der Waals surface area contributed by atoms with Crippen molar-refractivity contribution in [3.63, 3.8) is 0 Å². The van der Waals surface area contributed by atoms with Gasteiger partial charge in [0.05, 0.1) is 21.0 Å². The van der Waals surface area contributed by atoms with E-state index >= 15 is 0 Å². The number of rotatable bonds is 4. The molecular weight excluding hydrogens is 411 g/mol. The number of benzene rings is 2. The summed E-state index contributed by atoms with van der Waals surface area (Å²) in [6, 6.07) is 14.5. The lowest BCUT2D eigenvalue weighted by Gasteiger charge is -2.14. The Morgan fingerprint density at radius 1 is 1.03 bits per heavy atom. The first kappa shape index (κ1) is 19.2. The standard InChI is InChI=1S/C21H16Cl2N4O2/c1-27(2)14-6-3-5-13(10-14)25-21-24-11-12-9-15(20(28)29-19(12)26-21)18-16(22)7-4-8-17(18)23/h3-11H,1-2H3,(H,24,25,26). The van der Waals surface area contributed by atoms with Crippen molar-refractivity contribution >= 4 is 51.6 Å². The van der Waals surface area contributed by atoms with E-state index in [0.717, 1.165) is 11.4 Å². The number of anilines is 3. The van der Waals surface area contributed by atoms with Gasteiger partial charge in [-0.05, 0) is 36.4 Å². The SMILES string of the molecule is CN(C)c1cccc(Nc2ncc3cc(-c4c(Cl)cccc4Cl)c(=O)oc3n2)c1. The lowest BCUT2D eigenvalue weighted by atomic mass is 10.1. The highest BCUT2D eigenvalue weighted by Crippen LogP contribution is 2.33. The van der Waals surface area contributed by atoms with Crippen LogP contribution in [-0.4, -0.2) is 24.1 Å². The predicted molar refractivity (Wildman–Crippen MR) is 118 cm³/mol. The average molecular weight is 427 g/mol. The summed E-state index contributed by atoms with van der Waals surface area (Å²) >= 11 is 12.5. The fraction of sp³-hybridized carbons (Fsp3) is 0.0952. The highest BCUT2D eigenvalue weighted by Gasteiger charge is 2.15. The number of halogens is 2. The van der Waals surface area contributed by atoms with E-state index in [4.69, 9.17) is 27.6 Å². The lowest BCUT2D eigenvalue weighted by Crippen LogP contribution is -2.09. The van der Waals surface area contributed by atoms with Crippen molar-refractivity contribution < 1.29 is 4.42 Å². The van der Waals surface area contributed by atoms with Gasteiger partial charge in [-0.2, -0.15) is 4.98 Å². The maximum Gasteiger partial charge on any atom is 0.345 e. The topological polar surface area (TPSA) is 71.3 Å². The highest BCUT2D eigenvalue weighted by atomic mass is 35.5. The zero-order valence-electron chi connectivity index (χ0n) is 15.6. The van der Waals surface area contributed by atoms with Crippen LogP contribution in [0.4, 0.5) is 17.3 Å². The molecule has 146 valence electrons. The molecule has 0 aliphatic carbocycles. The molecular formula is C21H16Cl2N4O2. The van der Waals surface area contributed by atoms with Crippen LogP contribution in [0.2, 0.25) is 10.0 Å². The van der Waals surface area contributed by atoms with E-state index in [9.17, 15) is 4.79 Å². The van der Waals surface area contributed by atoms with Crippen molar-refractivity contribution in [1.29, 1.82) is 0 Å². The van der Waals surface area contributed by atoms with Gasteiger partial charge >= 0.3 is 5.63 Å². The smallest absolute Gasteiger partial charge is 0.345 e. The van der Waals surface area contributed by atoms with Gasteiger partial charge in [0.1, 0.15) is 0 Å². The molecule has 1 N–H and O–H groups in total. The molecule has 0 atom stereocenters. The molecule has 4 rings (SSSR count). The molecule has 0 aliphatic rings. The molecule has 0 saturated carbocycles. The van der Waals surface area contributed by atoms with Crippen LogP contribution in [0.3, 0.4) is 0 Å². The van der Waals surface area contributed by atoms with Crippen molar-refractivity contribution in [2.45, 2.75) is 0 Å². The van der Waals surface area contributed by atoms with Crippen LogP contribution in [0.25, 0.3) is 22.2 Å². The summed E-state index contributed by atoms with van der Waals surface area (Å²) in [6.07, 6.45) is 1.58. The minimum atomic E-state index is -0.577. The Bertz CT molecular complexity index is 1250. The molecule has 2 aromatic heterocycles. The molecule has 4 aromatic rings. The van der Waals surface area contributed by atoms with Gasteiger partial charge in [-0.15, -0.1) is 0 Å². The van der Waals surface area contributed by atoms with Crippen molar-refractivity contribution in [3.8, 4) is 11.1 Å². The number of hydrogen-bond acceptors (Lipinski definition) is 6. The maximum absolute atomic E-state index is 12.6. The van der Waals surface area contributed by atoms with Crippen LogP contribution in [0.15, 0.2) is 63.9 Å². The van der Waals surface area contributed by atoms with Crippen LogP contribution in [-0.2, 0) is 0 Å². The Balaban J connectivity index is 1.73. The molecule has 0 bridgehead atoms. The van der Waals surface area contributed by atoms with Gasteiger partial charge in [-0.1, -0.05) is 35.3 Å². The van der Waals surface area contributed by atoms with Gasteiger partial charge in [0.2, 0.25) is 11.7 Å². The zero-order chi connectivity index (χ0) is 20.5. The van der Waals surface area contributed by atoms with Crippen LogP contribution in [0, 0.1) is 0 Å². The van der Waals surface area contributed by atoms with Crippen molar-refractivity contribution in [3.05, 3.63) is 75.2 Å². The van der Waals surface area contributed by atoms with Crippen LogP contribution in [0.5, 0.6) is 0 Å². The van der Waals surface area contributed by atoms with Gasteiger partial charge in [-0.25, -0.2) is 9.78 Å². The number of fused-ring (bicyclic) bond motifs is 1. The van der Waals surface area contributed by atoms with Gasteiger partial charge in [0, 0.05) is 37.2 Å². The zero-order valence-corrected chi connectivity index (χ0v) is 17.1. The quantitative estimate of drug-likeness (QED) is 0.473. The molecule has 6 nitrogen and oxygen atoms in total. The van der Waals surface area contributed by atoms with Gasteiger partial charge in [0.15, 0.2) is 0 Å². The van der Waals surface area contributed by atoms with Crippen LogP contribution in [0.1, 0.15) is 0 Å². The van der Waals surface area contributed by atoms with E-state index < -0.39 is 5.63 Å². The van der Waals surface area contributed by atoms with Crippen molar-refractivity contribution in [2.24, 2.45) is 0 Å². The molecule has 0 saturated heterocycles. The number of aromatic nitrogens is 2. The summed E-state index contributed by atoms with van der Waals surface area (Å²) in [4.78, 5) is 23.2. The number of nitrogens with zero attached hydrogens (tertiary/aromatic N) is 3. The molecule has 0 radical (unpaired) electrons. The second-order valence-corrected chi connectivity index (χ2v) is 7.38. The predicted octanol–water partition coefficient (Wildman–Crippen LogP) is 5.37. The summed E-state index contributed by atoms with van der Waals surface area (Å²) in [5, 5.41) is 4.41. The molecule has 0 amide bonds. The van der Waals surface area contributed by atoms with Crippen LogP contribution >= 0.6 is 23.2 Å². The normalized spacial score (nSPS) is 10.9. The van der Waals surface area contributed by atoms with Crippen LogP contribution < -0.4 is 15.8 Å². The fourth-order valence-electron chi connectivity index (χ4n) is 2.89. The van der Waals surface area contributed by atoms with E-state index in [1.165, 1.54) is 0 Å². The monoisotopic (exact) mass is 426 g/mol. The maximum atomic E-state index is 12.6. The second-order valence-electron chi connectivity index (χ2n) is 6.57. The molecule has 29 heavy (non-hydrogen) atoms. The Kier molecular flexibility index (Phi) is 5.13. The Morgan fingerprint density at radius 3 is 2.48 bits per heavy atom. The second kappa shape index (κ2) is 7.73. The van der Waals surface area contributed by atoms with Crippen molar-refractivity contribution in [2.75, 3.05) is 24.3 Å². The van der Waals surface area contributed by atoms with E-state index in [-0.39, 0.29) is 11.3 Å². The molecule has 2 aromatic carbocycles. The molecule has 8 heteroatoms. The third kappa shape index (κ3) is 3.90. The Hall–Kier alpha value is -3.09. The highest BCUT2D eigenvalue weighted by molar-refractivity contribution is 6.39. The number of nitrogens with one attached hydrogen (secondary N) is 1. The summed E-state index contributed by atoms with van der Waals surface area (Å²) in [7, 11) is 3.92. The Morgan fingerprint density at radius 2 is 1.76 bits per heavy atom. The third-order valence-electron chi connectivity index (χ3n) is 4.34. The summed E-state index contributed by atoms with van der Waals surface area (Å²) in [5.74, 6) is 0.320. The van der Waals surface area contributed by atoms with Gasteiger partial charge < -0.3 is 14.6 Å². The third-order valence-corrected chi connectivity index (χ3v) is 4.97. The molecule has 0 unspecified atom stereocenters. The average Bonchev–Trinajstić information content (AvgIpc) is 2.68. The minimum Gasteiger partial charge on any atom is -0.403 e. The molecule has 0 aliphatic heterocycles. The van der Waals surface area contributed by atoms with Gasteiger partial charge in [0.25, 0.3) is 0 Å². The summed E-state index contributed by atoms with van der Waals surface area (Å²) in [5.41, 5.74) is 2.13. The summed E-state index contributed by atoms with van der Waals surface area (Å²) < 4.78 is 5.43. The largest absolute Gasteiger partial charge is 0.403 e.